The summed E-state index contributed by atoms with van der Waals surface area (Å²) >= 11 is 0. The first-order valence-corrected chi connectivity index (χ1v) is 10.3. The van der Waals surface area contributed by atoms with Gasteiger partial charge < -0.3 is 10.6 Å². The molecule has 0 bridgehead atoms. The fraction of sp³-hybridized carbons (Fsp3) is 0.765. The van der Waals surface area contributed by atoms with Crippen LogP contribution in [0.3, 0.4) is 0 Å². The van der Waals surface area contributed by atoms with Crippen molar-refractivity contribution in [1.29, 1.82) is 0 Å². The second-order valence-corrected chi connectivity index (χ2v) is 8.43. The Morgan fingerprint density at radius 2 is 2.28 bits per heavy atom. The van der Waals surface area contributed by atoms with Gasteiger partial charge in [-0.15, -0.1) is 24.0 Å². The van der Waals surface area contributed by atoms with E-state index < -0.39 is 10.8 Å². The smallest absolute Gasteiger partial charge is 0.191 e. The molecule has 8 heteroatoms. The first-order valence-electron chi connectivity index (χ1n) is 8.94. The lowest BCUT2D eigenvalue weighted by Crippen LogP contribution is -2.46. The average Bonchev–Trinajstić information content (AvgIpc) is 3.02. The number of nitrogens with zero attached hydrogens (tertiary/aromatic N) is 3. The molecule has 144 valence electrons. The van der Waals surface area contributed by atoms with E-state index in [9.17, 15) is 4.21 Å². The lowest BCUT2D eigenvalue weighted by atomic mass is 9.95. The number of aryl methyl sites for hydroxylation is 2. The van der Waals surface area contributed by atoms with E-state index in [1.165, 1.54) is 5.56 Å². The summed E-state index contributed by atoms with van der Waals surface area (Å²) in [5, 5.41) is 11.4. The van der Waals surface area contributed by atoms with Gasteiger partial charge in [0, 0.05) is 54.7 Å². The summed E-state index contributed by atoms with van der Waals surface area (Å²) in [5.74, 6) is 1.62. The molecule has 0 aliphatic heterocycles. The highest BCUT2D eigenvalue weighted by Gasteiger charge is 2.25. The van der Waals surface area contributed by atoms with E-state index in [0.717, 1.165) is 56.8 Å². The van der Waals surface area contributed by atoms with Crippen molar-refractivity contribution in [3.05, 3.63) is 18.0 Å². The molecule has 3 atom stereocenters. The number of rotatable bonds is 7. The van der Waals surface area contributed by atoms with Gasteiger partial charge >= 0.3 is 0 Å². The van der Waals surface area contributed by atoms with Crippen LogP contribution in [-0.4, -0.2) is 50.6 Å². The number of aliphatic imine (C=N–C) groups is 1. The van der Waals surface area contributed by atoms with Crippen molar-refractivity contribution >= 4 is 40.7 Å². The van der Waals surface area contributed by atoms with Crippen LogP contribution in [0.5, 0.6) is 0 Å². The molecule has 6 nitrogen and oxygen atoms in total. The van der Waals surface area contributed by atoms with Gasteiger partial charge in [0.25, 0.3) is 0 Å². The number of aromatic nitrogens is 2. The third-order valence-corrected chi connectivity index (χ3v) is 6.28. The maximum absolute atomic E-state index is 12.0. The molecule has 1 aromatic heterocycles. The van der Waals surface area contributed by atoms with Crippen LogP contribution in [0.25, 0.3) is 0 Å². The van der Waals surface area contributed by atoms with Crippen LogP contribution >= 0.6 is 24.0 Å². The van der Waals surface area contributed by atoms with Crippen LogP contribution in [0.1, 0.15) is 44.6 Å². The Morgan fingerprint density at radius 1 is 1.48 bits per heavy atom. The SMILES string of the molecule is CCS(=O)C1CCCC(NC(=NC)NCCCc2cnn(C)c2)C1.I. The largest absolute Gasteiger partial charge is 0.356 e. The third-order valence-electron chi connectivity index (χ3n) is 4.54. The van der Waals surface area contributed by atoms with E-state index >= 15 is 0 Å². The van der Waals surface area contributed by atoms with E-state index in [-0.39, 0.29) is 24.0 Å². The quantitative estimate of drug-likeness (QED) is 0.271. The molecule has 1 heterocycles. The van der Waals surface area contributed by atoms with Crippen LogP contribution in [0.2, 0.25) is 0 Å². The highest BCUT2D eigenvalue weighted by Crippen LogP contribution is 2.22. The first kappa shape index (κ1) is 22.4. The second-order valence-electron chi connectivity index (χ2n) is 6.42. The van der Waals surface area contributed by atoms with Crippen molar-refractivity contribution in [2.45, 2.75) is 56.7 Å². The van der Waals surface area contributed by atoms with Gasteiger partial charge in [0.15, 0.2) is 5.96 Å². The molecule has 1 aliphatic rings. The maximum atomic E-state index is 12.0. The molecule has 2 rings (SSSR count). The summed E-state index contributed by atoms with van der Waals surface area (Å²) in [5.41, 5.74) is 1.26. The topological polar surface area (TPSA) is 71.3 Å². The fourth-order valence-corrected chi connectivity index (χ4v) is 4.59. The molecule has 0 spiro atoms. The Kier molecular flexibility index (Phi) is 10.6. The zero-order valence-corrected chi connectivity index (χ0v) is 18.7. The Labute approximate surface area is 171 Å². The number of hydrogen-bond donors (Lipinski definition) is 2. The minimum absolute atomic E-state index is 0. The van der Waals surface area contributed by atoms with Crippen molar-refractivity contribution in [2.75, 3.05) is 19.3 Å². The van der Waals surface area contributed by atoms with E-state index in [4.69, 9.17) is 0 Å². The Hall–Kier alpha value is -0.640. The number of hydrogen-bond acceptors (Lipinski definition) is 3. The summed E-state index contributed by atoms with van der Waals surface area (Å²) in [4.78, 5) is 4.32. The van der Waals surface area contributed by atoms with Crippen LogP contribution in [0.4, 0.5) is 0 Å². The summed E-state index contributed by atoms with van der Waals surface area (Å²) in [6.45, 7) is 2.89. The van der Waals surface area contributed by atoms with Gasteiger partial charge in [0.2, 0.25) is 0 Å². The molecule has 0 saturated heterocycles. The number of halogens is 1. The summed E-state index contributed by atoms with van der Waals surface area (Å²) in [6, 6.07) is 0.378. The molecule has 1 fully saturated rings. The second kappa shape index (κ2) is 11.9. The Bertz CT molecular complexity index is 563. The standard InChI is InChI=1S/C17H31N5OS.HI/c1-4-24(23)16-9-5-8-15(11-16)21-17(18-2)19-10-6-7-14-12-20-22(3)13-14;/h12-13,15-16H,4-11H2,1-3H3,(H2,18,19,21);1H. The highest BCUT2D eigenvalue weighted by molar-refractivity contribution is 14.0. The molecular formula is C17H32IN5OS. The minimum Gasteiger partial charge on any atom is -0.356 e. The van der Waals surface area contributed by atoms with E-state index in [0.29, 0.717) is 11.3 Å². The molecule has 1 saturated carbocycles. The van der Waals surface area contributed by atoms with Crippen molar-refractivity contribution in [1.82, 2.24) is 20.4 Å². The van der Waals surface area contributed by atoms with E-state index in [1.54, 1.807) is 7.05 Å². The van der Waals surface area contributed by atoms with Gasteiger partial charge in [-0.2, -0.15) is 5.10 Å². The van der Waals surface area contributed by atoms with Crippen molar-refractivity contribution in [3.63, 3.8) is 0 Å². The summed E-state index contributed by atoms with van der Waals surface area (Å²) in [7, 11) is 3.06. The molecule has 1 aromatic rings. The molecule has 2 N–H and O–H groups in total. The van der Waals surface area contributed by atoms with Crippen LogP contribution in [0.15, 0.2) is 17.4 Å². The lowest BCUT2D eigenvalue weighted by molar-refractivity contribution is 0.413. The zero-order valence-electron chi connectivity index (χ0n) is 15.5. The normalized spacial score (nSPS) is 22.1. The van der Waals surface area contributed by atoms with Gasteiger partial charge in [-0.05, 0) is 37.7 Å². The monoisotopic (exact) mass is 481 g/mol. The van der Waals surface area contributed by atoms with Crippen LogP contribution in [0, 0.1) is 0 Å². The molecular weight excluding hydrogens is 449 g/mol. The molecule has 25 heavy (non-hydrogen) atoms. The minimum atomic E-state index is -0.685. The summed E-state index contributed by atoms with van der Waals surface area (Å²) < 4.78 is 13.9. The first-order chi connectivity index (χ1) is 11.6. The third kappa shape index (κ3) is 7.64. The Morgan fingerprint density at radius 3 is 2.92 bits per heavy atom. The van der Waals surface area contributed by atoms with Gasteiger partial charge in [-0.25, -0.2) is 0 Å². The zero-order chi connectivity index (χ0) is 17.4. The van der Waals surface area contributed by atoms with Crippen LogP contribution in [-0.2, 0) is 24.3 Å². The predicted octanol–water partition coefficient (Wildman–Crippen LogP) is 2.22. The fourth-order valence-electron chi connectivity index (χ4n) is 3.24. The van der Waals surface area contributed by atoms with E-state index in [2.05, 4.69) is 26.9 Å². The summed E-state index contributed by atoms with van der Waals surface area (Å²) in [6.07, 6.45) is 10.4. The molecule has 0 aromatic carbocycles. The molecule has 0 amide bonds. The van der Waals surface area contributed by atoms with Crippen molar-refractivity contribution < 1.29 is 4.21 Å². The predicted molar refractivity (Wildman–Crippen MR) is 116 cm³/mol. The van der Waals surface area contributed by atoms with Crippen molar-refractivity contribution in [3.8, 4) is 0 Å². The Balaban J connectivity index is 0.00000312. The van der Waals surface area contributed by atoms with Gasteiger partial charge in [0.1, 0.15) is 0 Å². The van der Waals surface area contributed by atoms with E-state index in [1.807, 2.05) is 24.9 Å². The van der Waals surface area contributed by atoms with Crippen molar-refractivity contribution in [2.24, 2.45) is 12.0 Å². The average molecular weight is 481 g/mol. The van der Waals surface area contributed by atoms with Gasteiger partial charge in [0.05, 0.1) is 6.20 Å². The van der Waals surface area contributed by atoms with Gasteiger partial charge in [-0.3, -0.25) is 13.9 Å². The number of nitrogens with one attached hydrogen (secondary N) is 2. The highest BCUT2D eigenvalue weighted by atomic mass is 127. The van der Waals surface area contributed by atoms with Gasteiger partial charge in [-0.1, -0.05) is 13.3 Å². The molecule has 1 aliphatic carbocycles. The molecule has 0 radical (unpaired) electrons. The maximum Gasteiger partial charge on any atom is 0.191 e. The lowest BCUT2D eigenvalue weighted by Gasteiger charge is -2.30. The molecule has 3 unspecified atom stereocenters. The van der Waals surface area contributed by atoms with Crippen LogP contribution < -0.4 is 10.6 Å². The number of guanidine groups is 1.